The number of aliphatic hydroxyl groups excluding tert-OH is 1. The zero-order valence-corrected chi connectivity index (χ0v) is 11.6. The number of ether oxygens (including phenoxy) is 2. The van der Waals surface area contributed by atoms with Crippen molar-refractivity contribution in [2.75, 3.05) is 32.9 Å². The molecule has 2 N–H and O–H groups in total. The second-order valence-electron chi connectivity index (χ2n) is 5.12. The van der Waals surface area contributed by atoms with Crippen molar-refractivity contribution < 1.29 is 19.0 Å². The van der Waals surface area contributed by atoms with Crippen molar-refractivity contribution in [2.24, 2.45) is 5.92 Å². The molecule has 1 unspecified atom stereocenters. The van der Waals surface area contributed by atoms with Crippen molar-refractivity contribution in [2.45, 2.75) is 18.9 Å². The van der Waals surface area contributed by atoms with E-state index in [0.29, 0.717) is 19.7 Å². The Balaban J connectivity index is 1.49. The number of hydrogen-bond acceptors (Lipinski definition) is 4. The van der Waals surface area contributed by atoms with E-state index < -0.39 is 11.9 Å². The fourth-order valence-corrected chi connectivity index (χ4v) is 1.75. The zero-order valence-electron chi connectivity index (χ0n) is 11.6. The molecule has 0 heterocycles. The topological polar surface area (TPSA) is 50.7 Å². The highest BCUT2D eigenvalue weighted by atomic mass is 19.1. The Labute approximate surface area is 118 Å². The Morgan fingerprint density at radius 1 is 1.35 bits per heavy atom. The van der Waals surface area contributed by atoms with Gasteiger partial charge in [0.15, 0.2) is 11.6 Å². The van der Waals surface area contributed by atoms with Gasteiger partial charge in [0.1, 0.15) is 12.7 Å². The van der Waals surface area contributed by atoms with Gasteiger partial charge in [0.25, 0.3) is 0 Å². The molecule has 1 aromatic carbocycles. The lowest BCUT2D eigenvalue weighted by atomic mass is 10.3. The summed E-state index contributed by atoms with van der Waals surface area (Å²) in [6.07, 6.45) is 1.91. The monoisotopic (exact) mass is 283 g/mol. The van der Waals surface area contributed by atoms with E-state index in [9.17, 15) is 9.50 Å². The minimum Gasteiger partial charge on any atom is -0.488 e. The smallest absolute Gasteiger partial charge is 0.165 e. The molecule has 1 saturated carbocycles. The summed E-state index contributed by atoms with van der Waals surface area (Å²) < 4.78 is 23.9. The van der Waals surface area contributed by atoms with Crippen LogP contribution < -0.4 is 10.1 Å². The Morgan fingerprint density at radius 2 is 2.15 bits per heavy atom. The van der Waals surface area contributed by atoms with Crippen molar-refractivity contribution >= 4 is 0 Å². The van der Waals surface area contributed by atoms with Gasteiger partial charge in [0.05, 0.1) is 6.61 Å². The second kappa shape index (κ2) is 8.19. The average Bonchev–Trinajstić information content (AvgIpc) is 3.26. The maximum absolute atomic E-state index is 13.3. The highest BCUT2D eigenvalue weighted by molar-refractivity contribution is 5.23. The van der Waals surface area contributed by atoms with Crippen LogP contribution in [0, 0.1) is 11.7 Å². The molecule has 0 radical (unpaired) electrons. The van der Waals surface area contributed by atoms with Crippen LogP contribution in [0.1, 0.15) is 12.8 Å². The molecule has 0 aromatic heterocycles. The van der Waals surface area contributed by atoms with E-state index in [-0.39, 0.29) is 12.4 Å². The van der Waals surface area contributed by atoms with Gasteiger partial charge < -0.3 is 19.9 Å². The van der Waals surface area contributed by atoms with E-state index in [1.807, 2.05) is 0 Å². The van der Waals surface area contributed by atoms with Gasteiger partial charge >= 0.3 is 0 Å². The van der Waals surface area contributed by atoms with Crippen molar-refractivity contribution in [1.82, 2.24) is 5.32 Å². The molecule has 5 heteroatoms. The Hall–Kier alpha value is -1.17. The molecule has 2 rings (SSSR count). The maximum Gasteiger partial charge on any atom is 0.165 e. The molecule has 20 heavy (non-hydrogen) atoms. The number of para-hydroxylation sites is 1. The lowest BCUT2D eigenvalue weighted by Gasteiger charge is -2.13. The van der Waals surface area contributed by atoms with Gasteiger partial charge in [-0.05, 0) is 30.9 Å². The van der Waals surface area contributed by atoms with Crippen molar-refractivity contribution in [3.8, 4) is 5.75 Å². The summed E-state index contributed by atoms with van der Waals surface area (Å²) in [6, 6.07) is 6.17. The molecule has 0 saturated heterocycles. The minimum absolute atomic E-state index is 0.0663. The third kappa shape index (κ3) is 5.86. The van der Waals surface area contributed by atoms with Crippen LogP contribution in [-0.2, 0) is 4.74 Å². The van der Waals surface area contributed by atoms with Crippen molar-refractivity contribution in [3.05, 3.63) is 30.1 Å². The molecule has 0 aliphatic heterocycles. The predicted octanol–water partition coefficient (Wildman–Crippen LogP) is 1.58. The molecule has 1 atom stereocenters. The first-order chi connectivity index (χ1) is 9.75. The Bertz CT molecular complexity index is 398. The molecule has 1 aliphatic carbocycles. The minimum atomic E-state index is -0.668. The van der Waals surface area contributed by atoms with E-state index in [0.717, 1.165) is 12.5 Å². The molecule has 0 bridgehead atoms. The average molecular weight is 283 g/mol. The summed E-state index contributed by atoms with van der Waals surface area (Å²) in [5.74, 6) is 0.523. The SMILES string of the molecule is OC(CNCCOCC1CC1)COc1ccccc1F. The van der Waals surface area contributed by atoms with Crippen LogP contribution in [0.3, 0.4) is 0 Å². The van der Waals surface area contributed by atoms with Gasteiger partial charge in [0.2, 0.25) is 0 Å². The first-order valence-corrected chi connectivity index (χ1v) is 7.09. The molecular formula is C15H22FNO3. The third-order valence-electron chi connectivity index (χ3n) is 3.12. The third-order valence-corrected chi connectivity index (χ3v) is 3.12. The number of rotatable bonds is 10. The highest BCUT2D eigenvalue weighted by Gasteiger charge is 2.20. The van der Waals surface area contributed by atoms with Gasteiger partial charge in [-0.3, -0.25) is 0 Å². The molecule has 1 aliphatic rings. The molecule has 4 nitrogen and oxygen atoms in total. The number of nitrogens with one attached hydrogen (secondary N) is 1. The van der Waals surface area contributed by atoms with Crippen LogP contribution in [0.2, 0.25) is 0 Å². The molecule has 1 fully saturated rings. The van der Waals surface area contributed by atoms with E-state index in [4.69, 9.17) is 9.47 Å². The number of benzene rings is 1. The van der Waals surface area contributed by atoms with Crippen LogP contribution in [0.15, 0.2) is 24.3 Å². The van der Waals surface area contributed by atoms with Gasteiger partial charge in [-0.1, -0.05) is 12.1 Å². The van der Waals surface area contributed by atoms with Crippen LogP contribution in [0.4, 0.5) is 4.39 Å². The summed E-state index contributed by atoms with van der Waals surface area (Å²) in [5.41, 5.74) is 0. The van der Waals surface area contributed by atoms with E-state index >= 15 is 0 Å². The van der Waals surface area contributed by atoms with E-state index in [1.165, 1.54) is 18.9 Å². The summed E-state index contributed by atoms with van der Waals surface area (Å²) in [4.78, 5) is 0. The predicted molar refractivity (Wildman–Crippen MR) is 74.3 cm³/mol. The van der Waals surface area contributed by atoms with Gasteiger partial charge in [-0.2, -0.15) is 0 Å². The summed E-state index contributed by atoms with van der Waals surface area (Å²) in [7, 11) is 0. The number of aliphatic hydroxyl groups is 1. The van der Waals surface area contributed by atoms with Crippen LogP contribution in [0.25, 0.3) is 0 Å². The standard InChI is InChI=1S/C15H22FNO3/c16-14-3-1-2-4-15(14)20-11-13(18)9-17-7-8-19-10-12-5-6-12/h1-4,12-13,17-18H,5-11H2. The van der Waals surface area contributed by atoms with E-state index in [1.54, 1.807) is 18.2 Å². The fraction of sp³-hybridized carbons (Fsp3) is 0.600. The summed E-state index contributed by atoms with van der Waals surface area (Å²) >= 11 is 0. The Kier molecular flexibility index (Phi) is 6.24. The highest BCUT2D eigenvalue weighted by Crippen LogP contribution is 2.28. The van der Waals surface area contributed by atoms with Crippen LogP contribution in [-0.4, -0.2) is 44.1 Å². The Morgan fingerprint density at radius 3 is 2.90 bits per heavy atom. The summed E-state index contributed by atoms with van der Waals surface area (Å²) in [5, 5.41) is 12.8. The fourth-order valence-electron chi connectivity index (χ4n) is 1.75. The van der Waals surface area contributed by atoms with E-state index in [2.05, 4.69) is 5.32 Å². The lowest BCUT2D eigenvalue weighted by molar-refractivity contribution is 0.0952. The molecule has 0 spiro atoms. The van der Waals surface area contributed by atoms with Gasteiger partial charge in [0, 0.05) is 19.7 Å². The molecular weight excluding hydrogens is 261 g/mol. The number of halogens is 1. The quantitative estimate of drug-likeness (QED) is 0.640. The molecule has 0 amide bonds. The summed E-state index contributed by atoms with van der Waals surface area (Å²) in [6.45, 7) is 2.67. The normalized spacial score (nSPS) is 16.1. The van der Waals surface area contributed by atoms with Crippen LogP contribution >= 0.6 is 0 Å². The van der Waals surface area contributed by atoms with Crippen molar-refractivity contribution in [1.29, 1.82) is 0 Å². The maximum atomic E-state index is 13.3. The molecule has 112 valence electrons. The van der Waals surface area contributed by atoms with Gasteiger partial charge in [-0.15, -0.1) is 0 Å². The van der Waals surface area contributed by atoms with Crippen molar-refractivity contribution in [3.63, 3.8) is 0 Å². The first-order valence-electron chi connectivity index (χ1n) is 7.09. The number of hydrogen-bond donors (Lipinski definition) is 2. The zero-order chi connectivity index (χ0) is 14.2. The van der Waals surface area contributed by atoms with Crippen LogP contribution in [0.5, 0.6) is 5.75 Å². The molecule has 1 aromatic rings. The van der Waals surface area contributed by atoms with Gasteiger partial charge in [-0.25, -0.2) is 4.39 Å². The lowest BCUT2D eigenvalue weighted by Crippen LogP contribution is -2.33. The first kappa shape index (κ1) is 15.2. The second-order valence-corrected chi connectivity index (χ2v) is 5.12. The largest absolute Gasteiger partial charge is 0.488 e.